The molecular weight excluding hydrogens is 229 g/mol. The van der Waals surface area contributed by atoms with Gasteiger partial charge in [-0.05, 0) is 44.9 Å². The second-order valence-electron chi connectivity index (χ2n) is 5.10. The third kappa shape index (κ3) is 2.56. The summed E-state index contributed by atoms with van der Waals surface area (Å²) in [4.78, 5) is 2.21. The number of rotatable bonds is 2. The van der Waals surface area contributed by atoms with Gasteiger partial charge in [0.25, 0.3) is 0 Å². The van der Waals surface area contributed by atoms with Gasteiger partial charge in [0.05, 0.1) is 6.10 Å². The van der Waals surface area contributed by atoms with Crippen molar-refractivity contribution in [2.45, 2.75) is 33.3 Å². The van der Waals surface area contributed by atoms with Crippen molar-refractivity contribution in [3.05, 3.63) is 40.7 Å². The summed E-state index contributed by atoms with van der Waals surface area (Å²) in [6, 6.07) is 3.30. The molecular formula is C15H20FNO. The molecule has 1 aromatic carbocycles. The largest absolute Gasteiger partial charge is 0.389 e. The predicted octanol–water partition coefficient (Wildman–Crippen LogP) is 3.34. The van der Waals surface area contributed by atoms with Gasteiger partial charge in [0.15, 0.2) is 0 Å². The predicted molar refractivity (Wildman–Crippen MR) is 72.4 cm³/mol. The molecule has 1 N–H and O–H groups in total. The summed E-state index contributed by atoms with van der Waals surface area (Å²) in [6.07, 6.45) is 2.58. The minimum atomic E-state index is -0.652. The molecule has 0 saturated carbocycles. The number of aryl methyl sites for hydroxylation is 1. The molecule has 1 aromatic rings. The lowest BCUT2D eigenvalue weighted by Crippen LogP contribution is -2.30. The lowest BCUT2D eigenvalue weighted by Gasteiger charge is -2.31. The van der Waals surface area contributed by atoms with Gasteiger partial charge in [-0.15, -0.1) is 0 Å². The second-order valence-corrected chi connectivity index (χ2v) is 5.10. The minimum Gasteiger partial charge on any atom is -0.389 e. The Morgan fingerprint density at radius 3 is 2.67 bits per heavy atom. The Bertz CT molecular complexity index is 480. The van der Waals surface area contributed by atoms with Gasteiger partial charge in [-0.2, -0.15) is 0 Å². The molecule has 0 fully saturated rings. The topological polar surface area (TPSA) is 23.5 Å². The molecule has 2 nitrogen and oxygen atoms in total. The highest BCUT2D eigenvalue weighted by Crippen LogP contribution is 2.31. The maximum Gasteiger partial charge on any atom is 0.126 e. The first-order chi connectivity index (χ1) is 8.49. The lowest BCUT2D eigenvalue weighted by molar-refractivity contribution is 0.199. The van der Waals surface area contributed by atoms with E-state index in [9.17, 15) is 9.50 Å². The van der Waals surface area contributed by atoms with E-state index in [1.165, 1.54) is 11.6 Å². The van der Waals surface area contributed by atoms with Crippen molar-refractivity contribution in [2.75, 3.05) is 18.0 Å². The zero-order valence-corrected chi connectivity index (χ0v) is 11.2. The monoisotopic (exact) mass is 249 g/mol. The highest BCUT2D eigenvalue weighted by molar-refractivity contribution is 5.58. The molecule has 0 bridgehead atoms. The highest BCUT2D eigenvalue weighted by atomic mass is 19.1. The molecule has 0 unspecified atom stereocenters. The summed E-state index contributed by atoms with van der Waals surface area (Å²) in [5.41, 5.74) is 3.57. The third-order valence-electron chi connectivity index (χ3n) is 3.43. The van der Waals surface area contributed by atoms with Gasteiger partial charge < -0.3 is 10.0 Å². The molecule has 18 heavy (non-hydrogen) atoms. The fourth-order valence-corrected chi connectivity index (χ4v) is 2.41. The van der Waals surface area contributed by atoms with E-state index < -0.39 is 6.10 Å². The molecule has 3 heteroatoms. The van der Waals surface area contributed by atoms with E-state index in [1.54, 1.807) is 13.8 Å². The maximum absolute atomic E-state index is 13.6. The zero-order valence-electron chi connectivity index (χ0n) is 11.2. The van der Waals surface area contributed by atoms with E-state index in [0.29, 0.717) is 11.1 Å². The van der Waals surface area contributed by atoms with Crippen LogP contribution in [0.4, 0.5) is 10.1 Å². The van der Waals surface area contributed by atoms with Gasteiger partial charge in [-0.1, -0.05) is 11.6 Å². The Morgan fingerprint density at radius 1 is 1.33 bits per heavy atom. The van der Waals surface area contributed by atoms with E-state index >= 15 is 0 Å². The number of benzene rings is 1. The molecule has 0 aliphatic carbocycles. The molecule has 0 aromatic heterocycles. The van der Waals surface area contributed by atoms with E-state index in [4.69, 9.17) is 0 Å². The van der Waals surface area contributed by atoms with Crippen molar-refractivity contribution in [1.82, 2.24) is 0 Å². The van der Waals surface area contributed by atoms with E-state index in [-0.39, 0.29) is 5.82 Å². The fourth-order valence-electron chi connectivity index (χ4n) is 2.41. The second kappa shape index (κ2) is 5.11. The standard InChI is InChI=1S/C15H20FNO/c1-10-5-4-6-17(9-10)15-7-11(2)14(16)8-13(15)12(3)18/h5,7-8,12,18H,4,6,9H2,1-3H3/t12-/m1/s1. The molecule has 0 amide bonds. The lowest BCUT2D eigenvalue weighted by atomic mass is 10.0. The Hall–Kier alpha value is -1.35. The van der Waals surface area contributed by atoms with Crippen molar-refractivity contribution >= 4 is 5.69 Å². The van der Waals surface area contributed by atoms with E-state index in [2.05, 4.69) is 17.9 Å². The number of aliphatic hydroxyl groups excluding tert-OH is 1. The average Bonchev–Trinajstić information content (AvgIpc) is 2.31. The van der Waals surface area contributed by atoms with E-state index in [0.717, 1.165) is 25.2 Å². The minimum absolute atomic E-state index is 0.251. The van der Waals surface area contributed by atoms with Gasteiger partial charge in [0.2, 0.25) is 0 Å². The molecule has 98 valence electrons. The normalized spacial score (nSPS) is 17.6. The first-order valence-electron chi connectivity index (χ1n) is 6.37. The molecule has 1 aliphatic heterocycles. The van der Waals surface area contributed by atoms with Crippen molar-refractivity contribution in [3.8, 4) is 0 Å². The van der Waals surface area contributed by atoms with Crippen molar-refractivity contribution < 1.29 is 9.50 Å². The van der Waals surface area contributed by atoms with Crippen LogP contribution in [0, 0.1) is 12.7 Å². The molecule has 1 heterocycles. The van der Waals surface area contributed by atoms with Crippen LogP contribution in [-0.4, -0.2) is 18.2 Å². The summed E-state index contributed by atoms with van der Waals surface area (Å²) in [6.45, 7) is 7.31. The molecule has 1 atom stereocenters. The Labute approximate surface area is 108 Å². The van der Waals surface area contributed by atoms with Gasteiger partial charge in [-0.3, -0.25) is 0 Å². The quantitative estimate of drug-likeness (QED) is 0.813. The van der Waals surface area contributed by atoms with Gasteiger partial charge >= 0.3 is 0 Å². The third-order valence-corrected chi connectivity index (χ3v) is 3.43. The number of anilines is 1. The van der Waals surface area contributed by atoms with Crippen LogP contribution in [0.3, 0.4) is 0 Å². The summed E-state index contributed by atoms with van der Waals surface area (Å²) < 4.78 is 13.6. The summed E-state index contributed by atoms with van der Waals surface area (Å²) in [5.74, 6) is -0.251. The molecule has 1 aliphatic rings. The number of hydrogen-bond acceptors (Lipinski definition) is 2. The van der Waals surface area contributed by atoms with Crippen LogP contribution in [-0.2, 0) is 0 Å². The fraction of sp³-hybridized carbons (Fsp3) is 0.467. The molecule has 2 rings (SSSR count). The van der Waals surface area contributed by atoms with Crippen LogP contribution in [0.15, 0.2) is 23.8 Å². The first-order valence-corrected chi connectivity index (χ1v) is 6.37. The van der Waals surface area contributed by atoms with Gasteiger partial charge in [-0.25, -0.2) is 4.39 Å². The maximum atomic E-state index is 13.6. The van der Waals surface area contributed by atoms with Crippen LogP contribution in [0.5, 0.6) is 0 Å². The zero-order chi connectivity index (χ0) is 13.3. The van der Waals surface area contributed by atoms with Crippen molar-refractivity contribution in [3.63, 3.8) is 0 Å². The van der Waals surface area contributed by atoms with Crippen LogP contribution in [0.1, 0.15) is 37.5 Å². The number of nitrogens with zero attached hydrogens (tertiary/aromatic N) is 1. The van der Waals surface area contributed by atoms with Gasteiger partial charge in [0.1, 0.15) is 5.82 Å². The number of halogens is 1. The molecule has 0 saturated heterocycles. The van der Waals surface area contributed by atoms with Crippen molar-refractivity contribution in [1.29, 1.82) is 0 Å². The number of aliphatic hydroxyl groups is 1. The first kappa shape index (κ1) is 13.1. The SMILES string of the molecule is CC1=CCCN(c2cc(C)c(F)cc2[C@@H](C)O)C1. The summed E-state index contributed by atoms with van der Waals surface area (Å²) in [7, 11) is 0. The number of hydrogen-bond donors (Lipinski definition) is 1. The molecule has 0 spiro atoms. The Kier molecular flexibility index (Phi) is 3.71. The van der Waals surface area contributed by atoms with Gasteiger partial charge in [0, 0.05) is 24.3 Å². The van der Waals surface area contributed by atoms with Crippen LogP contribution < -0.4 is 4.90 Å². The summed E-state index contributed by atoms with van der Waals surface area (Å²) in [5, 5.41) is 9.81. The summed E-state index contributed by atoms with van der Waals surface area (Å²) >= 11 is 0. The van der Waals surface area contributed by atoms with E-state index in [1.807, 2.05) is 6.07 Å². The van der Waals surface area contributed by atoms with Crippen molar-refractivity contribution in [2.24, 2.45) is 0 Å². The highest BCUT2D eigenvalue weighted by Gasteiger charge is 2.18. The molecule has 0 radical (unpaired) electrons. The Balaban J connectivity index is 2.42. The smallest absolute Gasteiger partial charge is 0.126 e. The van der Waals surface area contributed by atoms with Crippen LogP contribution >= 0.6 is 0 Å². The average molecular weight is 249 g/mol. The van der Waals surface area contributed by atoms with Crippen LogP contribution in [0.2, 0.25) is 0 Å². The Morgan fingerprint density at radius 2 is 2.06 bits per heavy atom. The van der Waals surface area contributed by atoms with Crippen LogP contribution in [0.25, 0.3) is 0 Å².